The molecule has 94 valence electrons. The van der Waals surface area contributed by atoms with Gasteiger partial charge in [0.2, 0.25) is 0 Å². The first-order chi connectivity index (χ1) is 8.17. The summed E-state index contributed by atoms with van der Waals surface area (Å²) in [5.41, 5.74) is 1.16. The Hall–Kier alpha value is -1.58. The van der Waals surface area contributed by atoms with Gasteiger partial charge < -0.3 is 10.4 Å². The first kappa shape index (κ1) is 13.5. The number of hydrogen-bond acceptors (Lipinski definition) is 3. The zero-order chi connectivity index (χ0) is 12.7. The monoisotopic (exact) mass is 236 g/mol. The van der Waals surface area contributed by atoms with Crippen molar-refractivity contribution < 1.29 is 9.90 Å². The quantitative estimate of drug-likeness (QED) is 0.714. The molecule has 1 aromatic rings. The summed E-state index contributed by atoms with van der Waals surface area (Å²) in [7, 11) is 0. The fourth-order valence-corrected chi connectivity index (χ4v) is 1.67. The summed E-state index contributed by atoms with van der Waals surface area (Å²) in [6, 6.07) is 3.24. The van der Waals surface area contributed by atoms with Crippen LogP contribution < -0.4 is 5.32 Å². The maximum atomic E-state index is 11.0. The van der Waals surface area contributed by atoms with E-state index < -0.39 is 5.97 Å². The summed E-state index contributed by atoms with van der Waals surface area (Å²) in [5, 5.41) is 12.1. The summed E-state index contributed by atoms with van der Waals surface area (Å²) in [6.45, 7) is 4.85. The molecule has 0 bridgehead atoms. The van der Waals surface area contributed by atoms with Crippen LogP contribution in [0.3, 0.4) is 0 Å². The first-order valence-corrected chi connectivity index (χ1v) is 6.15. The number of carbonyl (C=O) groups is 1. The van der Waals surface area contributed by atoms with Crippen molar-refractivity contribution in [2.45, 2.75) is 39.5 Å². The summed E-state index contributed by atoms with van der Waals surface area (Å²) in [6.07, 6.45) is 4.19. The van der Waals surface area contributed by atoms with Crippen molar-refractivity contribution in [2.75, 3.05) is 11.9 Å². The number of aromatic carboxylic acids is 1. The van der Waals surface area contributed by atoms with Crippen LogP contribution in [0.2, 0.25) is 0 Å². The van der Waals surface area contributed by atoms with E-state index in [4.69, 9.17) is 5.11 Å². The Morgan fingerprint density at radius 1 is 1.35 bits per heavy atom. The molecule has 1 heterocycles. The zero-order valence-electron chi connectivity index (χ0n) is 10.5. The molecule has 1 aromatic heterocycles. The van der Waals surface area contributed by atoms with E-state index in [1.807, 2.05) is 6.92 Å². The van der Waals surface area contributed by atoms with Crippen LogP contribution in [0.5, 0.6) is 0 Å². The molecule has 0 fully saturated rings. The topological polar surface area (TPSA) is 62.2 Å². The van der Waals surface area contributed by atoms with Crippen LogP contribution in [0.1, 0.15) is 49.2 Å². The number of unbranched alkanes of at least 4 members (excludes halogenated alkanes) is 2. The Kier molecular flexibility index (Phi) is 5.46. The molecule has 0 aliphatic heterocycles. The average Bonchev–Trinajstić information content (AvgIpc) is 2.29. The molecule has 0 saturated carbocycles. The SMILES string of the molecule is CCCCCc1cc(C(=O)O)cc(NCC)n1. The zero-order valence-corrected chi connectivity index (χ0v) is 10.5. The van der Waals surface area contributed by atoms with Gasteiger partial charge in [0.15, 0.2) is 0 Å². The lowest BCUT2D eigenvalue weighted by Crippen LogP contribution is -2.06. The van der Waals surface area contributed by atoms with Gasteiger partial charge in [0.25, 0.3) is 0 Å². The molecule has 0 aliphatic rings. The van der Waals surface area contributed by atoms with Gasteiger partial charge in [0, 0.05) is 12.2 Å². The van der Waals surface area contributed by atoms with E-state index in [2.05, 4.69) is 17.2 Å². The first-order valence-electron chi connectivity index (χ1n) is 6.15. The minimum absolute atomic E-state index is 0.308. The smallest absolute Gasteiger partial charge is 0.335 e. The number of anilines is 1. The Morgan fingerprint density at radius 3 is 2.71 bits per heavy atom. The maximum absolute atomic E-state index is 11.0. The number of carboxylic acids is 1. The summed E-state index contributed by atoms with van der Waals surface area (Å²) < 4.78 is 0. The second-order valence-electron chi connectivity index (χ2n) is 4.02. The van der Waals surface area contributed by atoms with Crippen molar-refractivity contribution in [3.8, 4) is 0 Å². The molecule has 0 amide bonds. The van der Waals surface area contributed by atoms with Gasteiger partial charge in [-0.2, -0.15) is 0 Å². The van der Waals surface area contributed by atoms with Gasteiger partial charge in [-0.3, -0.25) is 0 Å². The van der Waals surface area contributed by atoms with E-state index in [-0.39, 0.29) is 0 Å². The highest BCUT2D eigenvalue weighted by Crippen LogP contribution is 2.13. The van der Waals surface area contributed by atoms with Crippen molar-refractivity contribution in [3.05, 3.63) is 23.4 Å². The molecule has 0 radical (unpaired) electrons. The summed E-state index contributed by atoms with van der Waals surface area (Å²) in [5.74, 6) is -0.248. The van der Waals surface area contributed by atoms with Crippen LogP contribution in [0.15, 0.2) is 12.1 Å². The molecule has 0 aliphatic carbocycles. The number of nitrogens with zero attached hydrogens (tertiary/aromatic N) is 1. The largest absolute Gasteiger partial charge is 0.478 e. The van der Waals surface area contributed by atoms with Gasteiger partial charge in [0.05, 0.1) is 5.56 Å². The van der Waals surface area contributed by atoms with Gasteiger partial charge in [-0.25, -0.2) is 9.78 Å². The van der Waals surface area contributed by atoms with Crippen LogP contribution in [0, 0.1) is 0 Å². The maximum Gasteiger partial charge on any atom is 0.335 e. The van der Waals surface area contributed by atoms with Crippen molar-refractivity contribution in [1.29, 1.82) is 0 Å². The molecule has 4 heteroatoms. The van der Waals surface area contributed by atoms with E-state index in [1.54, 1.807) is 12.1 Å². The van der Waals surface area contributed by atoms with Gasteiger partial charge >= 0.3 is 5.97 Å². The van der Waals surface area contributed by atoms with Crippen LogP contribution in [0.25, 0.3) is 0 Å². The number of aromatic nitrogens is 1. The lowest BCUT2D eigenvalue weighted by molar-refractivity contribution is 0.0696. The minimum atomic E-state index is -0.900. The molecular weight excluding hydrogens is 216 g/mol. The molecule has 0 unspecified atom stereocenters. The predicted molar refractivity (Wildman–Crippen MR) is 68.6 cm³/mol. The van der Waals surface area contributed by atoms with Crippen LogP contribution in [0.4, 0.5) is 5.82 Å². The van der Waals surface area contributed by atoms with Crippen molar-refractivity contribution in [2.24, 2.45) is 0 Å². The molecule has 17 heavy (non-hydrogen) atoms. The number of hydrogen-bond donors (Lipinski definition) is 2. The Balaban J connectivity index is 2.83. The fraction of sp³-hybridized carbons (Fsp3) is 0.538. The van der Waals surface area contributed by atoms with Crippen molar-refractivity contribution in [3.63, 3.8) is 0 Å². The molecular formula is C13H20N2O2. The minimum Gasteiger partial charge on any atom is -0.478 e. The third-order valence-electron chi connectivity index (χ3n) is 2.52. The molecule has 1 rings (SSSR count). The number of aryl methyl sites for hydroxylation is 1. The molecule has 0 aromatic carbocycles. The lowest BCUT2D eigenvalue weighted by atomic mass is 10.1. The average molecular weight is 236 g/mol. The van der Waals surface area contributed by atoms with Crippen molar-refractivity contribution >= 4 is 11.8 Å². The number of carboxylic acid groups (broad SMARTS) is 1. The second-order valence-corrected chi connectivity index (χ2v) is 4.02. The third kappa shape index (κ3) is 4.43. The van der Waals surface area contributed by atoms with Gasteiger partial charge in [0.1, 0.15) is 5.82 Å². The van der Waals surface area contributed by atoms with Gasteiger partial charge in [-0.05, 0) is 31.9 Å². The Morgan fingerprint density at radius 2 is 2.12 bits per heavy atom. The highest BCUT2D eigenvalue weighted by molar-refractivity contribution is 5.88. The van der Waals surface area contributed by atoms with E-state index in [1.165, 1.54) is 0 Å². The molecule has 2 N–H and O–H groups in total. The Bertz CT molecular complexity index is 378. The van der Waals surface area contributed by atoms with Crippen LogP contribution >= 0.6 is 0 Å². The second kappa shape index (κ2) is 6.89. The molecule has 4 nitrogen and oxygen atoms in total. The predicted octanol–water partition coefficient (Wildman–Crippen LogP) is 2.94. The van der Waals surface area contributed by atoms with E-state index in [0.717, 1.165) is 37.9 Å². The highest BCUT2D eigenvalue weighted by Gasteiger charge is 2.07. The van der Waals surface area contributed by atoms with Crippen LogP contribution in [-0.4, -0.2) is 22.6 Å². The van der Waals surface area contributed by atoms with Crippen LogP contribution in [-0.2, 0) is 6.42 Å². The van der Waals surface area contributed by atoms with E-state index in [0.29, 0.717) is 11.4 Å². The standard InChI is InChI=1S/C13H20N2O2/c1-3-5-6-7-11-8-10(13(16)17)9-12(15-11)14-4-2/h8-9H,3-7H2,1-2H3,(H,14,15)(H,16,17). The number of nitrogens with one attached hydrogen (secondary N) is 1. The van der Waals surface area contributed by atoms with Gasteiger partial charge in [-0.1, -0.05) is 19.8 Å². The third-order valence-corrected chi connectivity index (χ3v) is 2.52. The summed E-state index contributed by atoms with van der Waals surface area (Å²) in [4.78, 5) is 15.4. The molecule has 0 spiro atoms. The number of pyridine rings is 1. The number of rotatable bonds is 7. The Labute approximate surface area is 102 Å². The van der Waals surface area contributed by atoms with E-state index >= 15 is 0 Å². The van der Waals surface area contributed by atoms with Gasteiger partial charge in [-0.15, -0.1) is 0 Å². The van der Waals surface area contributed by atoms with Crippen molar-refractivity contribution in [1.82, 2.24) is 4.98 Å². The van der Waals surface area contributed by atoms with E-state index in [9.17, 15) is 4.79 Å². The molecule has 0 saturated heterocycles. The normalized spacial score (nSPS) is 10.2. The highest BCUT2D eigenvalue weighted by atomic mass is 16.4. The summed E-state index contributed by atoms with van der Waals surface area (Å²) >= 11 is 0. The lowest BCUT2D eigenvalue weighted by Gasteiger charge is -2.07. The molecule has 0 atom stereocenters. The fourth-order valence-electron chi connectivity index (χ4n) is 1.67.